The van der Waals surface area contributed by atoms with E-state index in [9.17, 15) is 4.79 Å². The number of benzene rings is 1. The zero-order valence-corrected chi connectivity index (χ0v) is 12.1. The molecule has 4 nitrogen and oxygen atoms in total. The molecule has 0 bridgehead atoms. The standard InChI is InChI=1S/C16H20N2O2/c1-4-17-12(3)14-7-5-6-8-15(14)18-16(19)13-9-11(2)20-10-13/h5-10,12,17H,4H2,1-3H3,(H,18,19). The Morgan fingerprint density at radius 2 is 2.10 bits per heavy atom. The molecule has 1 aromatic heterocycles. The molecule has 0 spiro atoms. The van der Waals surface area contributed by atoms with E-state index in [-0.39, 0.29) is 11.9 Å². The second-order valence-electron chi connectivity index (χ2n) is 4.77. The minimum absolute atomic E-state index is 0.155. The van der Waals surface area contributed by atoms with Crippen LogP contribution in [0.1, 0.15) is 41.6 Å². The number of carbonyl (C=O) groups excluding carboxylic acids is 1. The van der Waals surface area contributed by atoms with Crippen molar-refractivity contribution in [1.29, 1.82) is 0 Å². The van der Waals surface area contributed by atoms with Gasteiger partial charge in [-0.3, -0.25) is 4.79 Å². The van der Waals surface area contributed by atoms with Crippen molar-refractivity contribution in [3.8, 4) is 0 Å². The van der Waals surface area contributed by atoms with E-state index in [1.165, 1.54) is 6.26 Å². The Kier molecular flexibility index (Phi) is 4.58. The van der Waals surface area contributed by atoms with E-state index in [2.05, 4.69) is 24.5 Å². The Morgan fingerprint density at radius 1 is 1.35 bits per heavy atom. The van der Waals surface area contributed by atoms with Gasteiger partial charge >= 0.3 is 0 Å². The third kappa shape index (κ3) is 3.27. The number of aryl methyl sites for hydroxylation is 1. The molecule has 1 unspecified atom stereocenters. The number of nitrogens with one attached hydrogen (secondary N) is 2. The highest BCUT2D eigenvalue weighted by Gasteiger charge is 2.13. The lowest BCUT2D eigenvalue weighted by Crippen LogP contribution is -2.20. The van der Waals surface area contributed by atoms with Crippen LogP contribution in [0.25, 0.3) is 0 Å². The Morgan fingerprint density at radius 3 is 2.75 bits per heavy atom. The molecule has 1 atom stereocenters. The molecule has 0 saturated heterocycles. The summed E-state index contributed by atoms with van der Waals surface area (Å²) in [5, 5.41) is 6.29. The summed E-state index contributed by atoms with van der Waals surface area (Å²) in [5.74, 6) is 0.572. The van der Waals surface area contributed by atoms with Crippen molar-refractivity contribution in [2.45, 2.75) is 26.8 Å². The summed E-state index contributed by atoms with van der Waals surface area (Å²) >= 11 is 0. The van der Waals surface area contributed by atoms with Crippen molar-refractivity contribution in [3.63, 3.8) is 0 Å². The molecule has 0 fully saturated rings. The van der Waals surface area contributed by atoms with E-state index in [1.807, 2.05) is 31.2 Å². The number of para-hydroxylation sites is 1. The second-order valence-corrected chi connectivity index (χ2v) is 4.77. The zero-order chi connectivity index (χ0) is 14.5. The van der Waals surface area contributed by atoms with Crippen molar-refractivity contribution in [2.24, 2.45) is 0 Å². The zero-order valence-electron chi connectivity index (χ0n) is 12.1. The molecule has 106 valence electrons. The van der Waals surface area contributed by atoms with Crippen LogP contribution >= 0.6 is 0 Å². The molecular weight excluding hydrogens is 252 g/mol. The molecule has 1 heterocycles. The molecule has 20 heavy (non-hydrogen) atoms. The molecule has 2 aromatic rings. The van der Waals surface area contributed by atoms with Gasteiger partial charge in [0.2, 0.25) is 0 Å². The quantitative estimate of drug-likeness (QED) is 0.875. The molecule has 2 N–H and O–H groups in total. The highest BCUT2D eigenvalue weighted by Crippen LogP contribution is 2.23. The van der Waals surface area contributed by atoms with Crippen LogP contribution in [-0.4, -0.2) is 12.5 Å². The number of furan rings is 1. The highest BCUT2D eigenvalue weighted by molar-refractivity contribution is 6.04. The van der Waals surface area contributed by atoms with Gasteiger partial charge in [-0.25, -0.2) is 0 Å². The van der Waals surface area contributed by atoms with Crippen molar-refractivity contribution in [3.05, 3.63) is 53.5 Å². The van der Waals surface area contributed by atoms with Gasteiger partial charge in [-0.15, -0.1) is 0 Å². The number of hydrogen-bond acceptors (Lipinski definition) is 3. The maximum atomic E-state index is 12.2. The van der Waals surface area contributed by atoms with E-state index in [1.54, 1.807) is 6.07 Å². The molecule has 0 saturated carbocycles. The lowest BCUT2D eigenvalue weighted by Gasteiger charge is -2.17. The topological polar surface area (TPSA) is 54.3 Å². The predicted molar refractivity (Wildman–Crippen MR) is 79.9 cm³/mol. The van der Waals surface area contributed by atoms with Crippen molar-refractivity contribution < 1.29 is 9.21 Å². The van der Waals surface area contributed by atoms with Gasteiger partial charge in [0.05, 0.1) is 5.56 Å². The molecule has 1 amide bonds. The Hall–Kier alpha value is -2.07. The minimum Gasteiger partial charge on any atom is -0.469 e. The Labute approximate surface area is 119 Å². The maximum absolute atomic E-state index is 12.2. The van der Waals surface area contributed by atoms with Crippen molar-refractivity contribution in [2.75, 3.05) is 11.9 Å². The fraction of sp³-hybridized carbons (Fsp3) is 0.312. The molecule has 2 rings (SSSR count). The van der Waals surface area contributed by atoms with Crippen LogP contribution < -0.4 is 10.6 Å². The summed E-state index contributed by atoms with van der Waals surface area (Å²) in [6.07, 6.45) is 1.47. The van der Waals surface area contributed by atoms with Gasteiger partial charge < -0.3 is 15.1 Å². The molecule has 0 aliphatic carbocycles. The minimum atomic E-state index is -0.155. The van der Waals surface area contributed by atoms with Crippen LogP contribution in [0, 0.1) is 6.92 Å². The van der Waals surface area contributed by atoms with Crippen molar-refractivity contribution in [1.82, 2.24) is 5.32 Å². The number of amides is 1. The summed E-state index contributed by atoms with van der Waals surface area (Å²) in [4.78, 5) is 12.2. The summed E-state index contributed by atoms with van der Waals surface area (Å²) in [6.45, 7) is 6.84. The highest BCUT2D eigenvalue weighted by atomic mass is 16.3. The summed E-state index contributed by atoms with van der Waals surface area (Å²) < 4.78 is 5.17. The average Bonchev–Trinajstić information content (AvgIpc) is 2.86. The molecule has 4 heteroatoms. The Bertz CT molecular complexity index is 590. The number of hydrogen-bond donors (Lipinski definition) is 2. The first kappa shape index (κ1) is 14.3. The average molecular weight is 272 g/mol. The van der Waals surface area contributed by atoms with Crippen LogP contribution in [0.2, 0.25) is 0 Å². The monoisotopic (exact) mass is 272 g/mol. The van der Waals surface area contributed by atoms with Gasteiger partial charge in [0.25, 0.3) is 5.91 Å². The van der Waals surface area contributed by atoms with E-state index in [0.717, 1.165) is 23.6 Å². The molecule has 0 aliphatic rings. The first-order valence-electron chi connectivity index (χ1n) is 6.80. The van der Waals surface area contributed by atoms with E-state index < -0.39 is 0 Å². The number of carbonyl (C=O) groups is 1. The maximum Gasteiger partial charge on any atom is 0.258 e. The summed E-state index contributed by atoms with van der Waals surface area (Å²) in [7, 11) is 0. The van der Waals surface area contributed by atoms with Gasteiger partial charge in [-0.1, -0.05) is 25.1 Å². The van der Waals surface area contributed by atoms with Crippen LogP contribution in [0.3, 0.4) is 0 Å². The fourth-order valence-electron chi connectivity index (χ4n) is 2.16. The molecular formula is C16H20N2O2. The number of anilines is 1. The lowest BCUT2D eigenvalue weighted by atomic mass is 10.1. The normalized spacial score (nSPS) is 12.2. The molecule has 1 aromatic carbocycles. The Balaban J connectivity index is 2.19. The third-order valence-corrected chi connectivity index (χ3v) is 3.18. The van der Waals surface area contributed by atoms with Gasteiger partial charge in [-0.05, 0) is 38.1 Å². The second kappa shape index (κ2) is 6.39. The van der Waals surface area contributed by atoms with Crippen LogP contribution in [0.4, 0.5) is 5.69 Å². The first-order valence-corrected chi connectivity index (χ1v) is 6.80. The van der Waals surface area contributed by atoms with Gasteiger partial charge in [0, 0.05) is 11.7 Å². The summed E-state index contributed by atoms with van der Waals surface area (Å²) in [5.41, 5.74) is 2.43. The molecule has 0 aliphatic heterocycles. The molecule has 0 radical (unpaired) electrons. The first-order chi connectivity index (χ1) is 9.61. The smallest absolute Gasteiger partial charge is 0.258 e. The van der Waals surface area contributed by atoms with Crippen LogP contribution in [-0.2, 0) is 0 Å². The SMILES string of the molecule is CCNC(C)c1ccccc1NC(=O)c1coc(C)c1. The van der Waals surface area contributed by atoms with Gasteiger partial charge in [0.15, 0.2) is 0 Å². The van der Waals surface area contributed by atoms with E-state index in [4.69, 9.17) is 4.42 Å². The third-order valence-electron chi connectivity index (χ3n) is 3.18. The van der Waals surface area contributed by atoms with Crippen LogP contribution in [0.5, 0.6) is 0 Å². The van der Waals surface area contributed by atoms with Crippen LogP contribution in [0.15, 0.2) is 41.0 Å². The van der Waals surface area contributed by atoms with Gasteiger partial charge in [-0.2, -0.15) is 0 Å². The van der Waals surface area contributed by atoms with E-state index >= 15 is 0 Å². The largest absolute Gasteiger partial charge is 0.469 e. The number of rotatable bonds is 5. The fourth-order valence-corrected chi connectivity index (χ4v) is 2.16. The predicted octanol–water partition coefficient (Wildman–Crippen LogP) is 3.51. The lowest BCUT2D eigenvalue weighted by molar-refractivity contribution is 0.102. The van der Waals surface area contributed by atoms with Crippen molar-refractivity contribution >= 4 is 11.6 Å². The van der Waals surface area contributed by atoms with E-state index in [0.29, 0.717) is 5.56 Å². The summed E-state index contributed by atoms with van der Waals surface area (Å²) in [6, 6.07) is 9.73. The van der Waals surface area contributed by atoms with Gasteiger partial charge in [0.1, 0.15) is 12.0 Å².